The largest absolute Gasteiger partial charge is 0.399 e. The topological polar surface area (TPSA) is 64.7 Å². The highest BCUT2D eigenvalue weighted by Gasteiger charge is 2.15. The molecule has 0 aliphatic heterocycles. The van der Waals surface area contributed by atoms with Gasteiger partial charge >= 0.3 is 0 Å². The van der Waals surface area contributed by atoms with Crippen LogP contribution in [-0.2, 0) is 0 Å². The van der Waals surface area contributed by atoms with Gasteiger partial charge in [-0.05, 0) is 61.9 Å². The van der Waals surface area contributed by atoms with E-state index in [1.54, 1.807) is 0 Å². The number of aromatic nitrogens is 3. The maximum absolute atomic E-state index is 6.32. The molecule has 1 atom stereocenters. The normalized spacial score (nSPS) is 18.4. The fourth-order valence-electron chi connectivity index (χ4n) is 3.88. The standard InChI is InChI=1S/C29H30N4/c1-4-10-21(5-2)27-31-28(23-14-9-11-20(3)15-16-23)33-29(32-27)25-17-24(18-26(30)19-25)22-12-7-6-8-13-22/h4-5,7,9-20H,6,8,30H2,1-3H3/b10-4-,21-5+. The van der Waals surface area contributed by atoms with E-state index in [1.807, 2.05) is 44.2 Å². The number of benzene rings is 1. The first kappa shape index (κ1) is 22.4. The van der Waals surface area contributed by atoms with Gasteiger partial charge in [0.2, 0.25) is 0 Å². The molecule has 0 radical (unpaired) electrons. The second kappa shape index (κ2) is 10.2. The SMILES string of the molecule is C/C=C\C(=C/C)c1nc(C2=CC=CC(C)C=C2)nc(-c2cc(N)cc(C3=CCCC=C3)c2)n1. The first-order valence-electron chi connectivity index (χ1n) is 11.5. The van der Waals surface area contributed by atoms with Gasteiger partial charge in [0.05, 0.1) is 0 Å². The maximum Gasteiger partial charge on any atom is 0.164 e. The number of nitrogen functional groups attached to an aromatic ring is 1. The third-order valence-corrected chi connectivity index (χ3v) is 5.62. The molecule has 0 saturated carbocycles. The molecule has 0 bridgehead atoms. The Bertz CT molecular complexity index is 1250. The summed E-state index contributed by atoms with van der Waals surface area (Å²) in [6.07, 6.45) is 25.3. The Kier molecular flexibility index (Phi) is 6.94. The molecule has 2 aliphatic carbocycles. The van der Waals surface area contributed by atoms with Crippen molar-refractivity contribution in [2.24, 2.45) is 5.92 Å². The zero-order chi connectivity index (χ0) is 23.2. The van der Waals surface area contributed by atoms with Crippen LogP contribution in [0.25, 0.3) is 28.1 Å². The Morgan fingerprint density at radius 3 is 2.52 bits per heavy atom. The third kappa shape index (κ3) is 5.35. The number of hydrogen-bond donors (Lipinski definition) is 1. The highest BCUT2D eigenvalue weighted by Crippen LogP contribution is 2.29. The number of nitrogens with zero attached hydrogens (tertiary/aromatic N) is 3. The Morgan fingerprint density at radius 1 is 0.939 bits per heavy atom. The van der Waals surface area contributed by atoms with E-state index in [2.05, 4.69) is 61.6 Å². The average Bonchev–Trinajstić information content (AvgIpc) is 3.07. The molecule has 33 heavy (non-hydrogen) atoms. The first-order valence-corrected chi connectivity index (χ1v) is 11.5. The Morgan fingerprint density at radius 2 is 1.76 bits per heavy atom. The van der Waals surface area contributed by atoms with Crippen LogP contribution >= 0.6 is 0 Å². The van der Waals surface area contributed by atoms with E-state index in [0.717, 1.165) is 35.1 Å². The summed E-state index contributed by atoms with van der Waals surface area (Å²) in [6.45, 7) is 6.14. The number of allylic oxidation sites excluding steroid dienone is 14. The van der Waals surface area contributed by atoms with Crippen molar-refractivity contribution in [3.05, 3.63) is 102 Å². The number of anilines is 1. The van der Waals surface area contributed by atoms with Crippen molar-refractivity contribution >= 4 is 22.4 Å². The van der Waals surface area contributed by atoms with Gasteiger partial charge in [-0.2, -0.15) is 0 Å². The lowest BCUT2D eigenvalue weighted by molar-refractivity contribution is 0.942. The van der Waals surface area contributed by atoms with Gasteiger partial charge in [-0.25, -0.2) is 15.0 Å². The molecule has 4 heteroatoms. The molecular formula is C29H30N4. The van der Waals surface area contributed by atoms with Crippen LogP contribution in [-0.4, -0.2) is 15.0 Å². The third-order valence-electron chi connectivity index (χ3n) is 5.62. The molecule has 2 aromatic rings. The number of hydrogen-bond acceptors (Lipinski definition) is 4. The minimum Gasteiger partial charge on any atom is -0.399 e. The molecule has 1 unspecified atom stereocenters. The monoisotopic (exact) mass is 434 g/mol. The Labute approximate surface area is 196 Å². The lowest BCUT2D eigenvalue weighted by atomic mass is 9.97. The molecule has 1 aromatic heterocycles. The number of nitrogens with two attached hydrogens (primary N) is 1. The molecule has 0 amide bonds. The van der Waals surface area contributed by atoms with Gasteiger partial charge in [0.1, 0.15) is 0 Å². The second-order valence-corrected chi connectivity index (χ2v) is 8.26. The summed E-state index contributed by atoms with van der Waals surface area (Å²) in [4.78, 5) is 14.6. The molecule has 2 N–H and O–H groups in total. The molecule has 166 valence electrons. The minimum atomic E-state index is 0.363. The molecule has 4 nitrogen and oxygen atoms in total. The maximum atomic E-state index is 6.32. The van der Waals surface area contributed by atoms with E-state index < -0.39 is 0 Å². The Hall–Kier alpha value is -3.79. The van der Waals surface area contributed by atoms with Crippen molar-refractivity contribution in [1.82, 2.24) is 15.0 Å². The minimum absolute atomic E-state index is 0.363. The predicted molar refractivity (Wildman–Crippen MR) is 140 cm³/mol. The second-order valence-electron chi connectivity index (χ2n) is 8.26. The fraction of sp³-hybridized carbons (Fsp3) is 0.207. The van der Waals surface area contributed by atoms with Gasteiger partial charge < -0.3 is 5.73 Å². The fourth-order valence-corrected chi connectivity index (χ4v) is 3.88. The van der Waals surface area contributed by atoms with E-state index >= 15 is 0 Å². The van der Waals surface area contributed by atoms with Crippen LogP contribution < -0.4 is 5.73 Å². The van der Waals surface area contributed by atoms with E-state index in [9.17, 15) is 0 Å². The average molecular weight is 435 g/mol. The van der Waals surface area contributed by atoms with Crippen molar-refractivity contribution < 1.29 is 0 Å². The first-order chi connectivity index (χ1) is 16.1. The lowest BCUT2D eigenvalue weighted by Gasteiger charge is -2.12. The summed E-state index contributed by atoms with van der Waals surface area (Å²) in [5.74, 6) is 2.27. The van der Waals surface area contributed by atoms with E-state index in [0.29, 0.717) is 29.1 Å². The van der Waals surface area contributed by atoms with E-state index in [4.69, 9.17) is 20.7 Å². The van der Waals surface area contributed by atoms with Crippen LogP contribution in [0.2, 0.25) is 0 Å². The van der Waals surface area contributed by atoms with Crippen LogP contribution in [0.3, 0.4) is 0 Å². The van der Waals surface area contributed by atoms with Crippen LogP contribution in [0.4, 0.5) is 5.69 Å². The van der Waals surface area contributed by atoms with Crippen molar-refractivity contribution in [2.75, 3.05) is 5.73 Å². The molecule has 1 aromatic carbocycles. The predicted octanol–water partition coefficient (Wildman–Crippen LogP) is 6.98. The summed E-state index contributed by atoms with van der Waals surface area (Å²) in [7, 11) is 0. The van der Waals surface area contributed by atoms with Gasteiger partial charge in [-0.1, -0.05) is 73.8 Å². The summed E-state index contributed by atoms with van der Waals surface area (Å²) >= 11 is 0. The van der Waals surface area contributed by atoms with Crippen molar-refractivity contribution in [3.8, 4) is 11.4 Å². The molecule has 2 aliphatic rings. The van der Waals surface area contributed by atoms with Gasteiger partial charge in [-0.15, -0.1) is 0 Å². The highest BCUT2D eigenvalue weighted by atomic mass is 15.0. The summed E-state index contributed by atoms with van der Waals surface area (Å²) in [5, 5.41) is 0. The number of rotatable bonds is 5. The van der Waals surface area contributed by atoms with Crippen LogP contribution in [0.1, 0.15) is 50.8 Å². The molecular weight excluding hydrogens is 404 g/mol. The van der Waals surface area contributed by atoms with Crippen molar-refractivity contribution in [2.45, 2.75) is 33.6 Å². The summed E-state index contributed by atoms with van der Waals surface area (Å²) < 4.78 is 0. The lowest BCUT2D eigenvalue weighted by Crippen LogP contribution is -2.05. The van der Waals surface area contributed by atoms with Crippen LogP contribution in [0.5, 0.6) is 0 Å². The Balaban J connectivity index is 1.88. The van der Waals surface area contributed by atoms with Crippen LogP contribution in [0, 0.1) is 5.92 Å². The molecule has 1 heterocycles. The molecule has 4 rings (SSSR count). The molecule has 0 spiro atoms. The quantitative estimate of drug-likeness (QED) is 0.407. The summed E-state index contributed by atoms with van der Waals surface area (Å²) in [6, 6.07) is 6.06. The smallest absolute Gasteiger partial charge is 0.164 e. The zero-order valence-electron chi connectivity index (χ0n) is 19.5. The van der Waals surface area contributed by atoms with Gasteiger partial charge in [0, 0.05) is 22.4 Å². The summed E-state index contributed by atoms with van der Waals surface area (Å²) in [5.41, 5.74) is 12.1. The molecule has 0 saturated heterocycles. The van der Waals surface area contributed by atoms with Crippen molar-refractivity contribution in [3.63, 3.8) is 0 Å². The van der Waals surface area contributed by atoms with Gasteiger partial charge in [-0.3, -0.25) is 0 Å². The molecule has 0 fully saturated rings. The van der Waals surface area contributed by atoms with Gasteiger partial charge in [0.15, 0.2) is 17.5 Å². The highest BCUT2D eigenvalue weighted by molar-refractivity contribution is 5.81. The van der Waals surface area contributed by atoms with E-state index in [1.165, 1.54) is 5.57 Å². The van der Waals surface area contributed by atoms with Gasteiger partial charge in [0.25, 0.3) is 0 Å². The van der Waals surface area contributed by atoms with Crippen molar-refractivity contribution in [1.29, 1.82) is 0 Å². The van der Waals surface area contributed by atoms with Crippen LogP contribution in [0.15, 0.2) is 85.0 Å². The van der Waals surface area contributed by atoms with E-state index in [-0.39, 0.29) is 0 Å². The zero-order valence-corrected chi connectivity index (χ0v) is 19.5.